The first kappa shape index (κ1) is 12.5. The Hall–Kier alpha value is -1.22. The lowest BCUT2D eigenvalue weighted by molar-refractivity contribution is 0.331. The zero-order valence-corrected chi connectivity index (χ0v) is 12.5. The highest BCUT2D eigenvalue weighted by atomic mass is 32.2. The number of hydrogen-bond acceptors (Lipinski definition) is 3. The third-order valence-electron chi connectivity index (χ3n) is 4.69. The molecule has 2 bridgehead atoms. The number of benzene rings is 1. The molecule has 2 saturated heterocycles. The Morgan fingerprint density at radius 1 is 1.20 bits per heavy atom. The number of fused-ring (bicyclic) bond motifs is 2. The van der Waals surface area contributed by atoms with Gasteiger partial charge in [0.15, 0.2) is 0 Å². The van der Waals surface area contributed by atoms with Crippen molar-refractivity contribution in [2.75, 3.05) is 0 Å². The second kappa shape index (κ2) is 4.96. The zero-order chi connectivity index (χ0) is 13.5. The van der Waals surface area contributed by atoms with Gasteiger partial charge in [0.25, 0.3) is 0 Å². The third-order valence-corrected chi connectivity index (χ3v) is 6.39. The summed E-state index contributed by atoms with van der Waals surface area (Å²) in [5.74, 6) is 2.17. The molecule has 0 amide bonds. The lowest BCUT2D eigenvalue weighted by Gasteiger charge is -2.35. The number of thioether (sulfide) groups is 1. The summed E-state index contributed by atoms with van der Waals surface area (Å²) in [6.45, 7) is 2.01. The normalized spacial score (nSPS) is 32.5. The molecule has 2 fully saturated rings. The van der Waals surface area contributed by atoms with Crippen LogP contribution in [-0.2, 0) is 0 Å². The number of aromatic nitrogens is 1. The molecule has 0 saturated carbocycles. The van der Waals surface area contributed by atoms with E-state index in [4.69, 9.17) is 4.52 Å². The largest absolute Gasteiger partial charge is 0.361 e. The van der Waals surface area contributed by atoms with Crippen molar-refractivity contribution in [1.29, 1.82) is 0 Å². The minimum atomic E-state index is 0.488. The van der Waals surface area contributed by atoms with Crippen LogP contribution in [0.5, 0.6) is 0 Å². The van der Waals surface area contributed by atoms with E-state index in [1.54, 1.807) is 0 Å². The highest BCUT2D eigenvalue weighted by molar-refractivity contribution is 8.00. The molecule has 2 aliphatic rings. The van der Waals surface area contributed by atoms with Gasteiger partial charge >= 0.3 is 0 Å². The summed E-state index contributed by atoms with van der Waals surface area (Å²) in [5, 5.41) is 5.66. The Bertz CT molecular complexity index is 594. The molecular formula is C17H19NOS. The van der Waals surface area contributed by atoms with Crippen LogP contribution in [0.15, 0.2) is 40.9 Å². The molecule has 4 rings (SSSR count). The van der Waals surface area contributed by atoms with Gasteiger partial charge in [-0.1, -0.05) is 35.5 Å². The summed E-state index contributed by atoms with van der Waals surface area (Å²) < 4.78 is 5.64. The standard InChI is InChI=1S/C17H19NOS/c1-11-9-15(19-18-11)17-14(12-5-3-2-4-6-12)10-13-7-8-16(17)20-13/h2-6,9,13-14,16-17H,7-8,10H2,1H3/t13?,14-,16?,17-/m1/s1. The highest BCUT2D eigenvalue weighted by Gasteiger charge is 2.45. The average Bonchev–Trinajstić information content (AvgIpc) is 3.07. The van der Waals surface area contributed by atoms with Crippen molar-refractivity contribution in [2.24, 2.45) is 0 Å². The van der Waals surface area contributed by atoms with Crippen LogP contribution < -0.4 is 0 Å². The van der Waals surface area contributed by atoms with Crippen LogP contribution in [0.25, 0.3) is 0 Å². The molecule has 0 spiro atoms. The Morgan fingerprint density at radius 3 is 2.80 bits per heavy atom. The quantitative estimate of drug-likeness (QED) is 0.811. The number of aryl methyl sites for hydroxylation is 1. The van der Waals surface area contributed by atoms with Gasteiger partial charge in [0.2, 0.25) is 0 Å². The van der Waals surface area contributed by atoms with Gasteiger partial charge in [0.1, 0.15) is 5.76 Å². The first-order valence-electron chi connectivity index (χ1n) is 7.45. The third kappa shape index (κ3) is 2.08. The molecule has 2 nitrogen and oxygen atoms in total. The fourth-order valence-electron chi connectivity index (χ4n) is 3.83. The maximum absolute atomic E-state index is 5.64. The van der Waals surface area contributed by atoms with Gasteiger partial charge in [-0.25, -0.2) is 0 Å². The van der Waals surface area contributed by atoms with Gasteiger partial charge in [-0.3, -0.25) is 0 Å². The predicted octanol–water partition coefficient (Wildman–Crippen LogP) is 4.52. The molecule has 3 heteroatoms. The summed E-state index contributed by atoms with van der Waals surface area (Å²) in [5.41, 5.74) is 2.46. The first-order valence-corrected chi connectivity index (χ1v) is 8.39. The zero-order valence-electron chi connectivity index (χ0n) is 11.7. The molecule has 20 heavy (non-hydrogen) atoms. The van der Waals surface area contributed by atoms with Crippen molar-refractivity contribution in [1.82, 2.24) is 5.16 Å². The van der Waals surface area contributed by atoms with Gasteiger partial charge < -0.3 is 4.52 Å². The molecule has 0 N–H and O–H groups in total. The van der Waals surface area contributed by atoms with Crippen molar-refractivity contribution >= 4 is 11.8 Å². The molecule has 2 aliphatic heterocycles. The Morgan fingerprint density at radius 2 is 2.05 bits per heavy atom. The Kier molecular flexibility index (Phi) is 3.10. The summed E-state index contributed by atoms with van der Waals surface area (Å²) in [6.07, 6.45) is 3.96. The molecule has 1 aromatic carbocycles. The van der Waals surface area contributed by atoms with Crippen LogP contribution in [0.2, 0.25) is 0 Å². The minimum Gasteiger partial charge on any atom is -0.361 e. The SMILES string of the molecule is Cc1cc([C@@H]2C3CCC(C[C@@H]2c2ccccc2)S3)on1. The Balaban J connectivity index is 1.75. The van der Waals surface area contributed by atoms with E-state index in [1.165, 1.54) is 24.8 Å². The lowest BCUT2D eigenvalue weighted by atomic mass is 9.80. The highest BCUT2D eigenvalue weighted by Crippen LogP contribution is 2.56. The number of rotatable bonds is 2. The molecule has 104 valence electrons. The molecule has 4 atom stereocenters. The smallest absolute Gasteiger partial charge is 0.141 e. The monoisotopic (exact) mass is 285 g/mol. The van der Waals surface area contributed by atoms with Crippen LogP contribution in [0.3, 0.4) is 0 Å². The van der Waals surface area contributed by atoms with E-state index in [9.17, 15) is 0 Å². The maximum Gasteiger partial charge on any atom is 0.141 e. The van der Waals surface area contributed by atoms with E-state index >= 15 is 0 Å². The molecule has 0 aliphatic carbocycles. The van der Waals surface area contributed by atoms with Crippen molar-refractivity contribution in [3.8, 4) is 0 Å². The van der Waals surface area contributed by atoms with E-state index in [-0.39, 0.29) is 0 Å². The van der Waals surface area contributed by atoms with E-state index in [0.717, 1.165) is 16.7 Å². The molecule has 1 aromatic heterocycles. The second-order valence-corrected chi connectivity index (χ2v) is 7.57. The summed E-state index contributed by atoms with van der Waals surface area (Å²) >= 11 is 2.18. The van der Waals surface area contributed by atoms with Crippen LogP contribution in [0.1, 0.15) is 48.1 Å². The van der Waals surface area contributed by atoms with Crippen LogP contribution in [0, 0.1) is 6.92 Å². The minimum absolute atomic E-state index is 0.488. The Labute approximate surface area is 123 Å². The van der Waals surface area contributed by atoms with Gasteiger partial charge in [-0.15, -0.1) is 0 Å². The van der Waals surface area contributed by atoms with Crippen LogP contribution >= 0.6 is 11.8 Å². The van der Waals surface area contributed by atoms with Crippen molar-refractivity contribution in [2.45, 2.75) is 48.5 Å². The number of nitrogens with zero attached hydrogens (tertiary/aromatic N) is 1. The molecular weight excluding hydrogens is 266 g/mol. The van der Waals surface area contributed by atoms with E-state index in [1.807, 2.05) is 6.92 Å². The maximum atomic E-state index is 5.64. The van der Waals surface area contributed by atoms with E-state index in [2.05, 4.69) is 53.3 Å². The lowest BCUT2D eigenvalue weighted by Crippen LogP contribution is -2.26. The topological polar surface area (TPSA) is 26.0 Å². The van der Waals surface area contributed by atoms with Gasteiger partial charge in [-0.05, 0) is 37.7 Å². The van der Waals surface area contributed by atoms with Crippen LogP contribution in [0.4, 0.5) is 0 Å². The molecule has 3 heterocycles. The number of hydrogen-bond donors (Lipinski definition) is 0. The van der Waals surface area contributed by atoms with Gasteiger partial charge in [0, 0.05) is 22.5 Å². The van der Waals surface area contributed by atoms with Crippen LogP contribution in [-0.4, -0.2) is 15.7 Å². The first-order chi connectivity index (χ1) is 9.81. The average molecular weight is 285 g/mol. The fourth-order valence-corrected chi connectivity index (χ4v) is 5.68. The van der Waals surface area contributed by atoms with Crippen molar-refractivity contribution < 1.29 is 4.52 Å². The predicted molar refractivity (Wildman–Crippen MR) is 82.2 cm³/mol. The summed E-state index contributed by atoms with van der Waals surface area (Å²) in [7, 11) is 0. The van der Waals surface area contributed by atoms with E-state index in [0.29, 0.717) is 17.1 Å². The fraction of sp³-hybridized carbons (Fsp3) is 0.471. The molecule has 0 radical (unpaired) electrons. The summed E-state index contributed by atoms with van der Waals surface area (Å²) in [4.78, 5) is 0. The molecule has 2 aromatic rings. The second-order valence-electron chi connectivity index (χ2n) is 6.02. The van der Waals surface area contributed by atoms with Crippen molar-refractivity contribution in [3.05, 3.63) is 53.4 Å². The van der Waals surface area contributed by atoms with E-state index < -0.39 is 0 Å². The molecule has 2 unspecified atom stereocenters. The van der Waals surface area contributed by atoms with Gasteiger partial charge in [-0.2, -0.15) is 11.8 Å². The summed E-state index contributed by atoms with van der Waals surface area (Å²) in [6, 6.07) is 13.1. The van der Waals surface area contributed by atoms with Crippen molar-refractivity contribution in [3.63, 3.8) is 0 Å². The van der Waals surface area contributed by atoms with Gasteiger partial charge in [0.05, 0.1) is 5.69 Å².